The van der Waals surface area contributed by atoms with E-state index in [1.165, 1.54) is 10.9 Å². The standard InChI is InChI=1S/C22H23N7O2/c1-22(2,31)17-6-5-14(11-24-17)15-8-16-19(21(30)29(3)12-27-16)20(28-15)26-10-13-4-7-18(23)25-9-13/h4-9,11-12,31H,10H2,1-3H3,(H2,23,25)(H,26,28). The fourth-order valence-electron chi connectivity index (χ4n) is 3.13. The number of aryl methyl sites for hydroxylation is 1. The van der Waals surface area contributed by atoms with Gasteiger partial charge in [-0.2, -0.15) is 0 Å². The molecule has 9 heteroatoms. The number of nitrogens with one attached hydrogen (secondary N) is 1. The van der Waals surface area contributed by atoms with Gasteiger partial charge >= 0.3 is 0 Å². The minimum Gasteiger partial charge on any atom is -0.384 e. The van der Waals surface area contributed by atoms with Gasteiger partial charge in [0, 0.05) is 31.5 Å². The summed E-state index contributed by atoms with van der Waals surface area (Å²) in [6.45, 7) is 3.76. The van der Waals surface area contributed by atoms with Crippen molar-refractivity contribution in [3.05, 3.63) is 70.7 Å². The number of fused-ring (bicyclic) bond motifs is 1. The maximum Gasteiger partial charge on any atom is 0.264 e. The molecule has 4 heterocycles. The molecule has 0 aliphatic carbocycles. The van der Waals surface area contributed by atoms with Crippen LogP contribution >= 0.6 is 0 Å². The van der Waals surface area contributed by atoms with Crippen LogP contribution in [0.4, 0.5) is 11.6 Å². The highest BCUT2D eigenvalue weighted by Gasteiger charge is 2.18. The van der Waals surface area contributed by atoms with E-state index in [-0.39, 0.29) is 5.56 Å². The van der Waals surface area contributed by atoms with E-state index >= 15 is 0 Å². The first-order chi connectivity index (χ1) is 14.7. The van der Waals surface area contributed by atoms with Gasteiger partial charge in [-0.25, -0.2) is 15.0 Å². The van der Waals surface area contributed by atoms with Crippen LogP contribution < -0.4 is 16.6 Å². The van der Waals surface area contributed by atoms with E-state index in [1.54, 1.807) is 51.5 Å². The number of nitrogens with two attached hydrogens (primary N) is 1. The minimum atomic E-state index is -1.04. The first-order valence-electron chi connectivity index (χ1n) is 9.72. The normalized spacial score (nSPS) is 11.6. The smallest absolute Gasteiger partial charge is 0.264 e. The lowest BCUT2D eigenvalue weighted by atomic mass is 10.0. The monoisotopic (exact) mass is 417 g/mol. The third-order valence-electron chi connectivity index (χ3n) is 4.90. The van der Waals surface area contributed by atoms with Crippen LogP contribution in [0.3, 0.4) is 0 Å². The number of aromatic nitrogens is 5. The average Bonchev–Trinajstić information content (AvgIpc) is 2.75. The van der Waals surface area contributed by atoms with Gasteiger partial charge < -0.3 is 20.7 Å². The third-order valence-corrected chi connectivity index (χ3v) is 4.90. The molecule has 31 heavy (non-hydrogen) atoms. The highest BCUT2D eigenvalue weighted by Crippen LogP contribution is 2.26. The molecule has 158 valence electrons. The molecule has 0 aliphatic rings. The van der Waals surface area contributed by atoms with Crippen molar-refractivity contribution in [1.29, 1.82) is 0 Å². The fourth-order valence-corrected chi connectivity index (χ4v) is 3.13. The van der Waals surface area contributed by atoms with E-state index in [0.29, 0.717) is 40.5 Å². The lowest BCUT2D eigenvalue weighted by Crippen LogP contribution is -2.19. The second kappa shape index (κ2) is 7.77. The van der Waals surface area contributed by atoms with Crippen molar-refractivity contribution in [1.82, 2.24) is 24.5 Å². The first kappa shape index (κ1) is 20.4. The molecule has 9 nitrogen and oxygen atoms in total. The lowest BCUT2D eigenvalue weighted by Gasteiger charge is -2.16. The Bertz CT molecular complexity index is 1290. The summed E-state index contributed by atoms with van der Waals surface area (Å²) < 4.78 is 1.42. The molecule has 0 saturated heterocycles. The molecule has 0 atom stereocenters. The largest absolute Gasteiger partial charge is 0.384 e. The molecule has 0 fully saturated rings. The Balaban J connectivity index is 1.78. The molecular weight excluding hydrogens is 394 g/mol. The van der Waals surface area contributed by atoms with Crippen LogP contribution in [0.2, 0.25) is 0 Å². The minimum absolute atomic E-state index is 0.197. The van der Waals surface area contributed by atoms with Gasteiger partial charge in [0.25, 0.3) is 5.56 Å². The van der Waals surface area contributed by atoms with Crippen LogP contribution in [0.15, 0.2) is 53.8 Å². The molecule has 0 unspecified atom stereocenters. The summed E-state index contributed by atoms with van der Waals surface area (Å²) in [6, 6.07) is 8.93. The van der Waals surface area contributed by atoms with E-state index in [0.717, 1.165) is 11.1 Å². The summed E-state index contributed by atoms with van der Waals surface area (Å²) >= 11 is 0. The Kier molecular flexibility index (Phi) is 5.12. The van der Waals surface area contributed by atoms with E-state index in [2.05, 4.69) is 25.3 Å². The number of rotatable bonds is 5. The number of hydrogen-bond acceptors (Lipinski definition) is 8. The number of nitrogens with zero attached hydrogens (tertiary/aromatic N) is 5. The van der Waals surface area contributed by atoms with Crippen LogP contribution in [0.25, 0.3) is 22.2 Å². The molecule has 0 bridgehead atoms. The summed E-state index contributed by atoms with van der Waals surface area (Å²) in [4.78, 5) is 30.3. The van der Waals surface area contributed by atoms with E-state index < -0.39 is 5.60 Å². The zero-order chi connectivity index (χ0) is 22.2. The zero-order valence-corrected chi connectivity index (χ0v) is 17.5. The predicted molar refractivity (Wildman–Crippen MR) is 119 cm³/mol. The van der Waals surface area contributed by atoms with Gasteiger partial charge in [0.15, 0.2) is 0 Å². The quantitative estimate of drug-likeness (QED) is 0.450. The van der Waals surface area contributed by atoms with Gasteiger partial charge in [-0.05, 0) is 43.7 Å². The summed E-state index contributed by atoms with van der Waals surface area (Å²) in [6.07, 6.45) is 4.80. The number of aliphatic hydroxyl groups is 1. The van der Waals surface area contributed by atoms with Crippen molar-refractivity contribution in [2.75, 3.05) is 11.1 Å². The van der Waals surface area contributed by atoms with Crippen LogP contribution in [0.5, 0.6) is 0 Å². The van der Waals surface area contributed by atoms with Crippen molar-refractivity contribution in [2.45, 2.75) is 26.0 Å². The molecular formula is C22H23N7O2. The Morgan fingerprint density at radius 2 is 1.94 bits per heavy atom. The molecule has 4 aromatic rings. The van der Waals surface area contributed by atoms with Crippen LogP contribution in [0, 0.1) is 0 Å². The molecule has 0 saturated carbocycles. The van der Waals surface area contributed by atoms with Gasteiger partial charge in [-0.1, -0.05) is 6.07 Å². The molecule has 0 amide bonds. The molecule has 4 rings (SSSR count). The number of anilines is 2. The van der Waals surface area contributed by atoms with Gasteiger partial charge in [-0.15, -0.1) is 0 Å². The molecule has 4 N–H and O–H groups in total. The zero-order valence-electron chi connectivity index (χ0n) is 17.5. The SMILES string of the molecule is Cn1cnc2cc(-c3ccc(C(C)(C)O)nc3)nc(NCc3ccc(N)nc3)c2c1=O. The van der Waals surface area contributed by atoms with Crippen molar-refractivity contribution in [2.24, 2.45) is 7.05 Å². The molecule has 0 radical (unpaired) electrons. The Hall–Kier alpha value is -3.85. The summed E-state index contributed by atoms with van der Waals surface area (Å²) in [7, 11) is 1.65. The van der Waals surface area contributed by atoms with Gasteiger partial charge in [0.05, 0.1) is 23.2 Å². The van der Waals surface area contributed by atoms with Gasteiger partial charge in [0.2, 0.25) is 0 Å². The fraction of sp³-hybridized carbons (Fsp3) is 0.227. The van der Waals surface area contributed by atoms with Crippen molar-refractivity contribution in [3.8, 4) is 11.3 Å². The van der Waals surface area contributed by atoms with Crippen LogP contribution in [-0.2, 0) is 19.2 Å². The maximum absolute atomic E-state index is 12.8. The molecule has 0 aromatic carbocycles. The molecule has 0 aliphatic heterocycles. The predicted octanol–water partition coefficient (Wildman–Crippen LogP) is 2.21. The van der Waals surface area contributed by atoms with Crippen molar-refractivity contribution >= 4 is 22.5 Å². The molecule has 0 spiro atoms. The van der Waals surface area contributed by atoms with Crippen LogP contribution in [0.1, 0.15) is 25.1 Å². The number of nitrogen functional groups attached to an aromatic ring is 1. The third kappa shape index (κ3) is 4.22. The second-order valence-corrected chi connectivity index (χ2v) is 7.85. The second-order valence-electron chi connectivity index (χ2n) is 7.85. The summed E-state index contributed by atoms with van der Waals surface area (Å²) in [5, 5.41) is 13.8. The lowest BCUT2D eigenvalue weighted by molar-refractivity contribution is 0.0739. The van der Waals surface area contributed by atoms with Crippen molar-refractivity contribution in [3.63, 3.8) is 0 Å². The van der Waals surface area contributed by atoms with E-state index in [1.807, 2.05) is 12.1 Å². The Morgan fingerprint density at radius 3 is 2.58 bits per heavy atom. The van der Waals surface area contributed by atoms with E-state index in [9.17, 15) is 9.90 Å². The summed E-state index contributed by atoms with van der Waals surface area (Å²) in [5.41, 5.74) is 7.74. The van der Waals surface area contributed by atoms with Gasteiger partial charge in [-0.3, -0.25) is 9.78 Å². The topological polar surface area (TPSA) is 132 Å². The Morgan fingerprint density at radius 1 is 1.13 bits per heavy atom. The Labute approximate surface area is 178 Å². The highest BCUT2D eigenvalue weighted by atomic mass is 16.3. The highest BCUT2D eigenvalue weighted by molar-refractivity contribution is 5.91. The van der Waals surface area contributed by atoms with Crippen LogP contribution in [-0.4, -0.2) is 29.6 Å². The average molecular weight is 417 g/mol. The number of pyridine rings is 3. The van der Waals surface area contributed by atoms with E-state index in [4.69, 9.17) is 5.73 Å². The first-order valence-corrected chi connectivity index (χ1v) is 9.72. The molecule has 4 aromatic heterocycles. The van der Waals surface area contributed by atoms with Crippen molar-refractivity contribution < 1.29 is 5.11 Å². The maximum atomic E-state index is 12.8. The van der Waals surface area contributed by atoms with Gasteiger partial charge in [0.1, 0.15) is 22.6 Å². The number of hydrogen-bond donors (Lipinski definition) is 3. The summed E-state index contributed by atoms with van der Waals surface area (Å²) in [5.74, 6) is 0.860.